The number of aryl methyl sites for hydroxylation is 1. The maximum absolute atomic E-state index is 10.9. The van der Waals surface area contributed by atoms with E-state index in [9.17, 15) is 4.79 Å². The molecule has 0 spiro atoms. The lowest BCUT2D eigenvalue weighted by Crippen LogP contribution is -2.19. The van der Waals surface area contributed by atoms with Crippen LogP contribution in [0.4, 0.5) is 5.82 Å². The Balaban J connectivity index is 2.44. The molecule has 0 aliphatic heterocycles. The molecule has 14 heavy (non-hydrogen) atoms. The van der Waals surface area contributed by atoms with E-state index < -0.39 is 11.9 Å². The minimum atomic E-state index is -0.766. The Morgan fingerprint density at radius 1 is 1.57 bits per heavy atom. The summed E-state index contributed by atoms with van der Waals surface area (Å²) in [5.41, 5.74) is 7.23. The fraction of sp³-hybridized carbons (Fsp3) is 0.400. The number of fused-ring (bicyclic) bond motifs is 1. The van der Waals surface area contributed by atoms with Crippen molar-refractivity contribution in [2.24, 2.45) is 0 Å². The van der Waals surface area contributed by atoms with Crippen LogP contribution >= 0.6 is 0 Å². The molecule has 1 heterocycles. The summed E-state index contributed by atoms with van der Waals surface area (Å²) in [6.07, 6.45) is 2.42. The third kappa shape index (κ3) is 1.43. The molecule has 74 valence electrons. The quantitative estimate of drug-likeness (QED) is 0.700. The summed E-state index contributed by atoms with van der Waals surface area (Å²) in [7, 11) is 0. The van der Waals surface area contributed by atoms with Gasteiger partial charge in [0.05, 0.1) is 5.92 Å². The molecule has 0 bridgehead atoms. The first-order valence-corrected chi connectivity index (χ1v) is 4.66. The SMILES string of the molecule is Nc1ccc2c(n1)CCCC2C(=O)O. The Morgan fingerprint density at radius 2 is 2.36 bits per heavy atom. The third-order valence-electron chi connectivity index (χ3n) is 2.61. The highest BCUT2D eigenvalue weighted by Crippen LogP contribution is 2.30. The average molecular weight is 192 g/mol. The second kappa shape index (κ2) is 3.29. The number of nitrogens with zero attached hydrogens (tertiary/aromatic N) is 1. The maximum Gasteiger partial charge on any atom is 0.311 e. The first-order valence-electron chi connectivity index (χ1n) is 4.66. The maximum atomic E-state index is 10.9. The van der Waals surface area contributed by atoms with Crippen LogP contribution in [0, 0.1) is 0 Å². The normalized spacial score (nSPS) is 20.1. The molecule has 0 saturated carbocycles. The van der Waals surface area contributed by atoms with Crippen LogP contribution in [0.5, 0.6) is 0 Å². The highest BCUT2D eigenvalue weighted by atomic mass is 16.4. The molecule has 0 radical (unpaired) electrons. The number of carbonyl (C=O) groups is 1. The van der Waals surface area contributed by atoms with Crippen molar-refractivity contribution in [3.05, 3.63) is 23.4 Å². The summed E-state index contributed by atoms with van der Waals surface area (Å²) in [4.78, 5) is 15.1. The van der Waals surface area contributed by atoms with Gasteiger partial charge < -0.3 is 10.8 Å². The summed E-state index contributed by atoms with van der Waals surface area (Å²) in [5.74, 6) is -0.695. The van der Waals surface area contributed by atoms with Crippen LogP contribution in [0.15, 0.2) is 12.1 Å². The largest absolute Gasteiger partial charge is 0.481 e. The molecule has 1 aromatic heterocycles. The van der Waals surface area contributed by atoms with Crippen molar-refractivity contribution in [3.8, 4) is 0 Å². The molecule has 3 N–H and O–H groups in total. The molecule has 1 aromatic rings. The smallest absolute Gasteiger partial charge is 0.311 e. The fourth-order valence-corrected chi connectivity index (χ4v) is 1.93. The van der Waals surface area contributed by atoms with E-state index in [0.717, 1.165) is 24.1 Å². The molecular formula is C10H12N2O2. The number of hydrogen-bond donors (Lipinski definition) is 2. The van der Waals surface area contributed by atoms with Crippen LogP contribution in [-0.4, -0.2) is 16.1 Å². The summed E-state index contributed by atoms with van der Waals surface area (Å²) in [5, 5.41) is 9.00. The number of aliphatic carboxylic acids is 1. The highest BCUT2D eigenvalue weighted by molar-refractivity contribution is 5.76. The van der Waals surface area contributed by atoms with Gasteiger partial charge in [-0.1, -0.05) is 6.07 Å². The van der Waals surface area contributed by atoms with E-state index in [2.05, 4.69) is 4.98 Å². The fourth-order valence-electron chi connectivity index (χ4n) is 1.93. The number of carboxylic acids is 1. The van der Waals surface area contributed by atoms with E-state index in [-0.39, 0.29) is 0 Å². The second-order valence-corrected chi connectivity index (χ2v) is 3.56. The topological polar surface area (TPSA) is 76.2 Å². The van der Waals surface area contributed by atoms with Gasteiger partial charge in [-0.25, -0.2) is 4.98 Å². The van der Waals surface area contributed by atoms with Crippen molar-refractivity contribution in [2.45, 2.75) is 25.2 Å². The van der Waals surface area contributed by atoms with E-state index in [1.54, 1.807) is 12.1 Å². The summed E-state index contributed by atoms with van der Waals surface area (Å²) in [6.45, 7) is 0. The number of nitrogens with two attached hydrogens (primary N) is 1. The zero-order chi connectivity index (χ0) is 10.1. The van der Waals surface area contributed by atoms with E-state index in [4.69, 9.17) is 10.8 Å². The number of hydrogen-bond acceptors (Lipinski definition) is 3. The lowest BCUT2D eigenvalue weighted by Gasteiger charge is -2.21. The molecule has 1 atom stereocenters. The van der Waals surface area contributed by atoms with Gasteiger partial charge in [0.1, 0.15) is 5.82 Å². The van der Waals surface area contributed by atoms with Gasteiger partial charge in [0.2, 0.25) is 0 Å². The first-order chi connectivity index (χ1) is 6.68. The van der Waals surface area contributed by atoms with E-state index in [1.165, 1.54) is 0 Å². The Kier molecular flexibility index (Phi) is 2.11. The Bertz CT molecular complexity index is 376. The van der Waals surface area contributed by atoms with Crippen LogP contribution in [0.3, 0.4) is 0 Å². The van der Waals surface area contributed by atoms with Gasteiger partial charge in [-0.3, -0.25) is 4.79 Å². The van der Waals surface area contributed by atoms with Gasteiger partial charge in [0.25, 0.3) is 0 Å². The predicted octanol–water partition coefficient (Wildman–Crippen LogP) is 1.17. The average Bonchev–Trinajstić information content (AvgIpc) is 2.16. The Hall–Kier alpha value is -1.58. The second-order valence-electron chi connectivity index (χ2n) is 3.56. The van der Waals surface area contributed by atoms with Crippen molar-refractivity contribution in [1.82, 2.24) is 4.98 Å². The van der Waals surface area contributed by atoms with Crippen LogP contribution in [-0.2, 0) is 11.2 Å². The van der Waals surface area contributed by atoms with Gasteiger partial charge in [0, 0.05) is 5.69 Å². The molecule has 0 saturated heterocycles. The van der Waals surface area contributed by atoms with Crippen molar-refractivity contribution in [1.29, 1.82) is 0 Å². The molecular weight excluding hydrogens is 180 g/mol. The zero-order valence-corrected chi connectivity index (χ0v) is 7.73. The first kappa shape index (κ1) is 8.99. The van der Waals surface area contributed by atoms with Crippen molar-refractivity contribution >= 4 is 11.8 Å². The third-order valence-corrected chi connectivity index (χ3v) is 2.61. The van der Waals surface area contributed by atoms with Gasteiger partial charge in [-0.2, -0.15) is 0 Å². The zero-order valence-electron chi connectivity index (χ0n) is 7.73. The molecule has 4 nitrogen and oxygen atoms in total. The van der Waals surface area contributed by atoms with Crippen LogP contribution < -0.4 is 5.73 Å². The van der Waals surface area contributed by atoms with Crippen molar-refractivity contribution in [2.75, 3.05) is 5.73 Å². The molecule has 1 aliphatic carbocycles. The molecule has 0 amide bonds. The van der Waals surface area contributed by atoms with Gasteiger partial charge >= 0.3 is 5.97 Å². The molecule has 4 heteroatoms. The Morgan fingerprint density at radius 3 is 3.07 bits per heavy atom. The number of nitrogen functional groups attached to an aromatic ring is 1. The number of pyridine rings is 1. The molecule has 2 rings (SSSR count). The predicted molar refractivity (Wildman–Crippen MR) is 52.0 cm³/mol. The van der Waals surface area contributed by atoms with Gasteiger partial charge in [-0.05, 0) is 30.9 Å². The molecule has 0 aromatic carbocycles. The Labute approximate surface area is 81.8 Å². The van der Waals surface area contributed by atoms with Crippen LogP contribution in [0.2, 0.25) is 0 Å². The van der Waals surface area contributed by atoms with Crippen LogP contribution in [0.25, 0.3) is 0 Å². The number of anilines is 1. The monoisotopic (exact) mass is 192 g/mol. The summed E-state index contributed by atoms with van der Waals surface area (Å²) >= 11 is 0. The van der Waals surface area contributed by atoms with Crippen LogP contribution in [0.1, 0.15) is 30.0 Å². The number of carboxylic acid groups (broad SMARTS) is 1. The molecule has 1 aliphatic rings. The molecule has 0 fully saturated rings. The van der Waals surface area contributed by atoms with E-state index in [0.29, 0.717) is 12.2 Å². The minimum absolute atomic E-state index is 0.396. The minimum Gasteiger partial charge on any atom is -0.481 e. The van der Waals surface area contributed by atoms with Crippen molar-refractivity contribution in [3.63, 3.8) is 0 Å². The molecule has 1 unspecified atom stereocenters. The van der Waals surface area contributed by atoms with E-state index in [1.807, 2.05) is 0 Å². The number of rotatable bonds is 1. The highest BCUT2D eigenvalue weighted by Gasteiger charge is 2.26. The van der Waals surface area contributed by atoms with Gasteiger partial charge in [0.15, 0.2) is 0 Å². The standard InChI is InChI=1S/C10H12N2O2/c11-9-5-4-6-7(10(13)14)2-1-3-8(6)12-9/h4-5,7H,1-3H2,(H2,11,12)(H,13,14). The van der Waals surface area contributed by atoms with Crippen molar-refractivity contribution < 1.29 is 9.90 Å². The number of aromatic nitrogens is 1. The summed E-state index contributed by atoms with van der Waals surface area (Å²) < 4.78 is 0. The van der Waals surface area contributed by atoms with E-state index >= 15 is 0 Å². The lowest BCUT2D eigenvalue weighted by atomic mass is 9.86. The van der Waals surface area contributed by atoms with Gasteiger partial charge in [-0.15, -0.1) is 0 Å². The lowest BCUT2D eigenvalue weighted by molar-refractivity contribution is -0.139. The summed E-state index contributed by atoms with van der Waals surface area (Å²) in [6, 6.07) is 3.45.